The van der Waals surface area contributed by atoms with Crippen molar-refractivity contribution in [1.82, 2.24) is 0 Å². The molecule has 0 aromatic heterocycles. The van der Waals surface area contributed by atoms with Crippen LogP contribution in [-0.4, -0.2) is 37.3 Å². The molecule has 26 heavy (non-hydrogen) atoms. The summed E-state index contributed by atoms with van der Waals surface area (Å²) >= 11 is 0. The molecule has 1 aliphatic heterocycles. The van der Waals surface area contributed by atoms with Crippen molar-refractivity contribution in [3.8, 4) is 6.07 Å². The highest BCUT2D eigenvalue weighted by atomic mass is 16.4. The first kappa shape index (κ1) is 17.6. The van der Waals surface area contributed by atoms with Gasteiger partial charge >= 0.3 is 5.97 Å². The topological polar surface area (TPSA) is 67.6 Å². The van der Waals surface area contributed by atoms with E-state index in [4.69, 9.17) is 10.4 Å². The molecule has 1 saturated heterocycles. The fraction of sp³-hybridized carbons (Fsp3) is 0.238. The van der Waals surface area contributed by atoms with Crippen LogP contribution >= 0.6 is 0 Å². The summed E-state index contributed by atoms with van der Waals surface area (Å²) in [6.07, 6.45) is 1.39. The summed E-state index contributed by atoms with van der Waals surface area (Å²) in [5, 5.41) is 17.8. The van der Waals surface area contributed by atoms with Crippen molar-refractivity contribution in [2.24, 2.45) is 0 Å². The molecule has 0 saturated carbocycles. The molecule has 2 aromatic rings. The third kappa shape index (κ3) is 4.04. The maximum atomic E-state index is 10.9. The molecule has 1 aliphatic rings. The first-order valence-corrected chi connectivity index (χ1v) is 8.58. The van der Waals surface area contributed by atoms with Crippen molar-refractivity contribution >= 4 is 23.4 Å². The van der Waals surface area contributed by atoms with E-state index < -0.39 is 5.97 Å². The van der Waals surface area contributed by atoms with Gasteiger partial charge in [0.15, 0.2) is 0 Å². The molecule has 1 N–H and O–H groups in total. The zero-order chi connectivity index (χ0) is 18.5. The van der Waals surface area contributed by atoms with Gasteiger partial charge in [-0.2, -0.15) is 5.26 Å². The lowest BCUT2D eigenvalue weighted by Gasteiger charge is -2.37. The van der Waals surface area contributed by atoms with E-state index in [-0.39, 0.29) is 5.57 Å². The largest absolute Gasteiger partial charge is 0.477 e. The summed E-state index contributed by atoms with van der Waals surface area (Å²) in [4.78, 5) is 15.6. The Bertz CT molecular complexity index is 840. The van der Waals surface area contributed by atoms with Gasteiger partial charge in [-0.1, -0.05) is 29.8 Å². The highest BCUT2D eigenvalue weighted by Crippen LogP contribution is 2.22. The smallest absolute Gasteiger partial charge is 0.346 e. The summed E-state index contributed by atoms with van der Waals surface area (Å²) in [5.41, 5.74) is 4.09. The molecule has 0 aliphatic carbocycles. The molecular weight excluding hydrogens is 326 g/mol. The molecule has 0 amide bonds. The number of benzene rings is 2. The highest BCUT2D eigenvalue weighted by Gasteiger charge is 2.17. The third-order valence-electron chi connectivity index (χ3n) is 4.60. The minimum atomic E-state index is -1.20. The number of aryl methyl sites for hydroxylation is 1. The summed E-state index contributed by atoms with van der Waals surface area (Å²) in [5.74, 6) is -1.20. The Labute approximate surface area is 153 Å². The quantitative estimate of drug-likeness (QED) is 0.679. The number of piperazine rings is 1. The Morgan fingerprint density at radius 1 is 0.962 bits per heavy atom. The number of hydrogen-bond donors (Lipinski definition) is 1. The van der Waals surface area contributed by atoms with E-state index in [0.717, 1.165) is 31.9 Å². The third-order valence-corrected chi connectivity index (χ3v) is 4.60. The van der Waals surface area contributed by atoms with Gasteiger partial charge in [-0.15, -0.1) is 0 Å². The molecular formula is C21H21N3O2. The molecule has 5 heteroatoms. The fourth-order valence-electron chi connectivity index (χ4n) is 3.07. The summed E-state index contributed by atoms with van der Waals surface area (Å²) in [6, 6.07) is 18.0. The van der Waals surface area contributed by atoms with E-state index >= 15 is 0 Å². The summed E-state index contributed by atoms with van der Waals surface area (Å²) in [6.45, 7) is 5.88. The molecule has 0 unspecified atom stereocenters. The van der Waals surface area contributed by atoms with Crippen LogP contribution in [-0.2, 0) is 4.79 Å². The zero-order valence-electron chi connectivity index (χ0n) is 14.7. The van der Waals surface area contributed by atoms with Gasteiger partial charge in [-0.25, -0.2) is 4.79 Å². The SMILES string of the molecule is Cc1ccc(N2CCN(c3ccc(/C=C(\C#N)C(=O)O)cc3)CC2)cc1. The summed E-state index contributed by atoms with van der Waals surface area (Å²) < 4.78 is 0. The van der Waals surface area contributed by atoms with E-state index in [0.29, 0.717) is 5.56 Å². The number of carboxylic acids is 1. The fourth-order valence-corrected chi connectivity index (χ4v) is 3.07. The second-order valence-electron chi connectivity index (χ2n) is 6.38. The molecule has 1 heterocycles. The van der Waals surface area contributed by atoms with E-state index in [1.54, 1.807) is 6.07 Å². The molecule has 1 fully saturated rings. The lowest BCUT2D eigenvalue weighted by molar-refractivity contribution is -0.132. The molecule has 0 radical (unpaired) electrons. The van der Waals surface area contributed by atoms with Crippen LogP contribution in [0.25, 0.3) is 6.08 Å². The molecule has 132 valence electrons. The maximum Gasteiger partial charge on any atom is 0.346 e. The first-order chi connectivity index (χ1) is 12.6. The normalized spacial score (nSPS) is 14.8. The Hall–Kier alpha value is -3.26. The number of carboxylic acid groups (broad SMARTS) is 1. The van der Waals surface area contributed by atoms with Crippen LogP contribution in [0, 0.1) is 18.3 Å². The number of nitriles is 1. The van der Waals surface area contributed by atoms with Crippen LogP contribution in [0.3, 0.4) is 0 Å². The number of anilines is 2. The van der Waals surface area contributed by atoms with Crippen molar-refractivity contribution in [2.45, 2.75) is 6.92 Å². The van der Waals surface area contributed by atoms with Gasteiger partial charge in [0, 0.05) is 37.6 Å². The van der Waals surface area contributed by atoms with Crippen LogP contribution in [0.4, 0.5) is 11.4 Å². The van der Waals surface area contributed by atoms with Crippen LogP contribution in [0.15, 0.2) is 54.1 Å². The maximum absolute atomic E-state index is 10.9. The van der Waals surface area contributed by atoms with Gasteiger partial charge in [0.2, 0.25) is 0 Å². The Morgan fingerprint density at radius 2 is 1.42 bits per heavy atom. The van der Waals surface area contributed by atoms with Gasteiger partial charge in [-0.3, -0.25) is 0 Å². The van der Waals surface area contributed by atoms with Crippen molar-refractivity contribution < 1.29 is 9.90 Å². The Balaban J connectivity index is 1.64. The van der Waals surface area contributed by atoms with Crippen molar-refractivity contribution in [3.05, 3.63) is 65.2 Å². The zero-order valence-corrected chi connectivity index (χ0v) is 14.7. The standard InChI is InChI=1S/C21H21N3O2/c1-16-2-6-19(7-3-16)23-10-12-24(13-11-23)20-8-4-17(5-9-20)14-18(15-22)21(25)26/h2-9,14H,10-13H2,1H3,(H,25,26)/b18-14+. The van der Waals surface area contributed by atoms with E-state index in [1.807, 2.05) is 24.3 Å². The van der Waals surface area contributed by atoms with Gasteiger partial charge < -0.3 is 14.9 Å². The number of hydrogen-bond acceptors (Lipinski definition) is 4. The van der Waals surface area contributed by atoms with E-state index in [2.05, 4.69) is 41.0 Å². The monoisotopic (exact) mass is 347 g/mol. The highest BCUT2D eigenvalue weighted by molar-refractivity contribution is 5.96. The van der Waals surface area contributed by atoms with Gasteiger partial charge in [0.05, 0.1) is 0 Å². The molecule has 5 nitrogen and oxygen atoms in total. The minimum Gasteiger partial charge on any atom is -0.477 e. The minimum absolute atomic E-state index is 0.260. The average molecular weight is 347 g/mol. The number of aliphatic carboxylic acids is 1. The molecule has 2 aromatic carbocycles. The van der Waals surface area contributed by atoms with E-state index in [1.165, 1.54) is 17.3 Å². The average Bonchev–Trinajstić information content (AvgIpc) is 2.67. The second-order valence-corrected chi connectivity index (χ2v) is 6.38. The number of nitrogens with zero attached hydrogens (tertiary/aromatic N) is 3. The molecule has 0 spiro atoms. The van der Waals surface area contributed by atoms with E-state index in [9.17, 15) is 4.79 Å². The molecule has 3 rings (SSSR count). The van der Waals surface area contributed by atoms with Gasteiger partial charge in [0.25, 0.3) is 0 Å². The summed E-state index contributed by atoms with van der Waals surface area (Å²) in [7, 11) is 0. The van der Waals surface area contributed by atoms with Crippen molar-refractivity contribution in [2.75, 3.05) is 36.0 Å². The number of rotatable bonds is 4. The van der Waals surface area contributed by atoms with Crippen molar-refractivity contribution in [1.29, 1.82) is 5.26 Å². The Kier molecular flexibility index (Phi) is 5.23. The molecule has 0 bridgehead atoms. The van der Waals surface area contributed by atoms with Crippen LogP contribution in [0.5, 0.6) is 0 Å². The first-order valence-electron chi connectivity index (χ1n) is 8.58. The Morgan fingerprint density at radius 3 is 1.85 bits per heavy atom. The predicted molar refractivity (Wildman–Crippen MR) is 103 cm³/mol. The van der Waals surface area contributed by atoms with Crippen LogP contribution in [0.1, 0.15) is 11.1 Å². The van der Waals surface area contributed by atoms with Crippen LogP contribution in [0.2, 0.25) is 0 Å². The number of carbonyl (C=O) groups is 1. The lowest BCUT2D eigenvalue weighted by Crippen LogP contribution is -2.46. The van der Waals surface area contributed by atoms with Gasteiger partial charge in [0.1, 0.15) is 11.6 Å². The predicted octanol–water partition coefficient (Wildman–Crippen LogP) is 3.31. The van der Waals surface area contributed by atoms with Crippen LogP contribution < -0.4 is 9.80 Å². The van der Waals surface area contributed by atoms with Crippen molar-refractivity contribution in [3.63, 3.8) is 0 Å². The van der Waals surface area contributed by atoms with Gasteiger partial charge in [-0.05, 0) is 42.8 Å². The second kappa shape index (κ2) is 7.75. The molecule has 0 atom stereocenters. The lowest BCUT2D eigenvalue weighted by atomic mass is 10.1.